The lowest BCUT2D eigenvalue weighted by atomic mass is 9.97. The van der Waals surface area contributed by atoms with Gasteiger partial charge >= 0.3 is 0 Å². The molecule has 0 N–H and O–H groups in total. The summed E-state index contributed by atoms with van der Waals surface area (Å²) in [5.41, 5.74) is 5.00. The van der Waals surface area contributed by atoms with Crippen LogP contribution in [0.2, 0.25) is 0 Å². The zero-order chi connectivity index (χ0) is 17.3. The van der Waals surface area contributed by atoms with Gasteiger partial charge in [-0.3, -0.25) is 4.68 Å². The summed E-state index contributed by atoms with van der Waals surface area (Å²) in [5, 5.41) is 13.1. The monoisotopic (exact) mass is 327 g/mol. The molecule has 3 nitrogen and oxygen atoms in total. The van der Waals surface area contributed by atoms with E-state index < -0.39 is 0 Å². The quantitative estimate of drug-likeness (QED) is 0.593. The Labute approximate surface area is 148 Å². The molecule has 25 heavy (non-hydrogen) atoms. The van der Waals surface area contributed by atoms with Crippen LogP contribution in [0.25, 0.3) is 6.08 Å². The Morgan fingerprint density at radius 1 is 1.00 bits per heavy atom. The number of aromatic nitrogens is 2. The van der Waals surface area contributed by atoms with Crippen LogP contribution in [0, 0.1) is 11.3 Å². The number of allylic oxidation sites excluding steroid dienone is 1. The Bertz CT molecular complexity index is 856. The van der Waals surface area contributed by atoms with Crippen LogP contribution in [0.5, 0.6) is 0 Å². The molecule has 0 fully saturated rings. The second-order valence-electron chi connectivity index (χ2n) is 6.04. The van der Waals surface area contributed by atoms with Crippen LogP contribution in [-0.4, -0.2) is 9.78 Å². The first-order valence-corrected chi connectivity index (χ1v) is 8.54. The molecule has 0 aliphatic rings. The molecule has 3 rings (SSSR count). The molecular weight excluding hydrogens is 306 g/mol. The highest BCUT2D eigenvalue weighted by atomic mass is 15.3. The van der Waals surface area contributed by atoms with E-state index in [4.69, 9.17) is 5.26 Å². The van der Waals surface area contributed by atoms with Gasteiger partial charge in [-0.1, -0.05) is 48.5 Å². The summed E-state index contributed by atoms with van der Waals surface area (Å²) in [4.78, 5) is 0. The SMILES string of the molecule is N#C/C=C/c1ccc(Cn2cccn2)cc1CCCc1ccccc1. The number of hydrogen-bond donors (Lipinski definition) is 0. The van der Waals surface area contributed by atoms with Gasteiger partial charge in [0.05, 0.1) is 12.6 Å². The Kier molecular flexibility index (Phi) is 5.79. The molecule has 124 valence electrons. The molecule has 0 bridgehead atoms. The second kappa shape index (κ2) is 8.65. The van der Waals surface area contributed by atoms with Crippen molar-refractivity contribution in [1.82, 2.24) is 9.78 Å². The molecule has 0 spiro atoms. The predicted molar refractivity (Wildman–Crippen MR) is 101 cm³/mol. The number of benzene rings is 2. The first kappa shape index (κ1) is 16.7. The fourth-order valence-corrected chi connectivity index (χ4v) is 2.97. The van der Waals surface area contributed by atoms with E-state index in [-0.39, 0.29) is 0 Å². The molecule has 0 amide bonds. The van der Waals surface area contributed by atoms with E-state index in [1.54, 1.807) is 12.3 Å². The Hall–Kier alpha value is -3.12. The van der Waals surface area contributed by atoms with Gasteiger partial charge in [0.1, 0.15) is 0 Å². The van der Waals surface area contributed by atoms with Crippen molar-refractivity contribution in [2.75, 3.05) is 0 Å². The summed E-state index contributed by atoms with van der Waals surface area (Å²) in [5.74, 6) is 0. The summed E-state index contributed by atoms with van der Waals surface area (Å²) in [6.45, 7) is 0.765. The van der Waals surface area contributed by atoms with Crippen LogP contribution >= 0.6 is 0 Å². The van der Waals surface area contributed by atoms with E-state index in [1.165, 1.54) is 16.7 Å². The molecular formula is C22H21N3. The van der Waals surface area contributed by atoms with Gasteiger partial charge in [0.2, 0.25) is 0 Å². The zero-order valence-corrected chi connectivity index (χ0v) is 14.2. The fourth-order valence-electron chi connectivity index (χ4n) is 2.97. The smallest absolute Gasteiger partial charge is 0.0912 e. The van der Waals surface area contributed by atoms with Crippen LogP contribution in [0.1, 0.15) is 28.7 Å². The predicted octanol–water partition coefficient (Wildman–Crippen LogP) is 4.64. The molecule has 2 aromatic carbocycles. The zero-order valence-electron chi connectivity index (χ0n) is 14.2. The molecule has 0 saturated carbocycles. The second-order valence-corrected chi connectivity index (χ2v) is 6.04. The van der Waals surface area contributed by atoms with Crippen molar-refractivity contribution in [3.05, 3.63) is 95.3 Å². The third-order valence-corrected chi connectivity index (χ3v) is 4.20. The summed E-state index contributed by atoms with van der Waals surface area (Å²) in [6.07, 6.45) is 10.4. The van der Waals surface area contributed by atoms with Gasteiger partial charge in [-0.15, -0.1) is 0 Å². The topological polar surface area (TPSA) is 41.6 Å². The molecule has 3 heteroatoms. The summed E-state index contributed by atoms with van der Waals surface area (Å²) >= 11 is 0. The van der Waals surface area contributed by atoms with Crippen molar-refractivity contribution in [1.29, 1.82) is 5.26 Å². The number of rotatable bonds is 7. The van der Waals surface area contributed by atoms with E-state index in [1.807, 2.05) is 29.1 Å². The lowest BCUT2D eigenvalue weighted by Crippen LogP contribution is -2.02. The summed E-state index contributed by atoms with van der Waals surface area (Å²) in [7, 11) is 0. The summed E-state index contributed by atoms with van der Waals surface area (Å²) < 4.78 is 1.92. The van der Waals surface area contributed by atoms with Crippen LogP contribution in [-0.2, 0) is 19.4 Å². The Morgan fingerprint density at radius 3 is 2.64 bits per heavy atom. The molecule has 0 atom stereocenters. The molecule has 1 aromatic heterocycles. The normalized spacial score (nSPS) is 10.8. The van der Waals surface area contributed by atoms with E-state index in [0.717, 1.165) is 31.4 Å². The number of nitriles is 1. The van der Waals surface area contributed by atoms with Crippen LogP contribution < -0.4 is 0 Å². The maximum absolute atomic E-state index is 8.82. The molecule has 3 aromatic rings. The van der Waals surface area contributed by atoms with Gasteiger partial charge < -0.3 is 0 Å². The Balaban J connectivity index is 1.73. The summed E-state index contributed by atoms with van der Waals surface area (Å²) in [6, 6.07) is 21.0. The van der Waals surface area contributed by atoms with Crippen LogP contribution in [0.4, 0.5) is 0 Å². The van der Waals surface area contributed by atoms with Gasteiger partial charge in [0.15, 0.2) is 0 Å². The molecule has 0 radical (unpaired) electrons. The minimum atomic E-state index is 0.765. The molecule has 0 unspecified atom stereocenters. The molecule has 1 heterocycles. The fraction of sp³-hybridized carbons (Fsp3) is 0.182. The molecule has 0 aliphatic heterocycles. The van der Waals surface area contributed by atoms with Crippen molar-refractivity contribution in [3.63, 3.8) is 0 Å². The largest absolute Gasteiger partial charge is 0.268 e. The van der Waals surface area contributed by atoms with Gasteiger partial charge in [0, 0.05) is 18.5 Å². The number of nitrogens with zero attached hydrogens (tertiary/aromatic N) is 3. The number of hydrogen-bond acceptors (Lipinski definition) is 2. The van der Waals surface area contributed by atoms with E-state index in [9.17, 15) is 0 Å². The first-order chi connectivity index (χ1) is 12.3. The molecule has 0 aliphatic carbocycles. The van der Waals surface area contributed by atoms with Gasteiger partial charge in [-0.2, -0.15) is 10.4 Å². The average molecular weight is 327 g/mol. The van der Waals surface area contributed by atoms with Gasteiger partial charge in [-0.05, 0) is 53.7 Å². The average Bonchev–Trinajstić information content (AvgIpc) is 3.15. The van der Waals surface area contributed by atoms with Crippen molar-refractivity contribution in [2.24, 2.45) is 0 Å². The minimum Gasteiger partial charge on any atom is -0.268 e. The standard InChI is InChI=1S/C22H21N3/c23-14-5-11-21-13-12-20(18-25-16-6-15-24-25)17-22(21)10-4-9-19-7-2-1-3-8-19/h1-3,5-8,11-13,15-17H,4,9-10,18H2/b11-5+. The van der Waals surface area contributed by atoms with Crippen molar-refractivity contribution in [2.45, 2.75) is 25.8 Å². The third-order valence-electron chi connectivity index (χ3n) is 4.20. The molecule has 0 saturated heterocycles. The minimum absolute atomic E-state index is 0.765. The maximum atomic E-state index is 8.82. The van der Waals surface area contributed by atoms with Crippen molar-refractivity contribution in [3.8, 4) is 6.07 Å². The third kappa shape index (κ3) is 4.92. The highest BCUT2D eigenvalue weighted by Crippen LogP contribution is 2.18. The first-order valence-electron chi connectivity index (χ1n) is 8.54. The van der Waals surface area contributed by atoms with Gasteiger partial charge in [0.25, 0.3) is 0 Å². The maximum Gasteiger partial charge on any atom is 0.0912 e. The van der Waals surface area contributed by atoms with E-state index >= 15 is 0 Å². The Morgan fingerprint density at radius 2 is 1.88 bits per heavy atom. The van der Waals surface area contributed by atoms with E-state index in [2.05, 4.69) is 53.6 Å². The highest BCUT2D eigenvalue weighted by molar-refractivity contribution is 5.56. The van der Waals surface area contributed by atoms with Gasteiger partial charge in [-0.25, -0.2) is 0 Å². The van der Waals surface area contributed by atoms with Crippen molar-refractivity contribution >= 4 is 6.08 Å². The van der Waals surface area contributed by atoms with Crippen molar-refractivity contribution < 1.29 is 0 Å². The lowest BCUT2D eigenvalue weighted by Gasteiger charge is -2.10. The van der Waals surface area contributed by atoms with Crippen LogP contribution in [0.3, 0.4) is 0 Å². The van der Waals surface area contributed by atoms with E-state index in [0.29, 0.717) is 0 Å². The number of aryl methyl sites for hydroxylation is 2. The lowest BCUT2D eigenvalue weighted by molar-refractivity contribution is 0.685. The van der Waals surface area contributed by atoms with Crippen LogP contribution in [0.15, 0.2) is 73.1 Å². The highest BCUT2D eigenvalue weighted by Gasteiger charge is 2.04.